The van der Waals surface area contributed by atoms with Crippen molar-refractivity contribution < 1.29 is 23.9 Å². The molecule has 6 rings (SSSR count). The smallest absolute Gasteiger partial charge is 0.343 e. The molecular formula is C32H27NO5. The fraction of sp³-hybridized carbons (Fsp3) is 0.219. The van der Waals surface area contributed by atoms with Gasteiger partial charge < -0.3 is 14.8 Å². The van der Waals surface area contributed by atoms with Gasteiger partial charge in [-0.25, -0.2) is 4.79 Å². The minimum absolute atomic E-state index is 0.0547. The largest absolute Gasteiger partial charge is 0.497 e. The van der Waals surface area contributed by atoms with Crippen molar-refractivity contribution in [3.05, 3.63) is 112 Å². The Morgan fingerprint density at radius 3 is 2.18 bits per heavy atom. The highest BCUT2D eigenvalue weighted by Crippen LogP contribution is 2.51. The lowest BCUT2D eigenvalue weighted by Crippen LogP contribution is -2.37. The minimum Gasteiger partial charge on any atom is -0.497 e. The zero-order chi connectivity index (χ0) is 26.6. The number of methoxy groups -OCH3 is 1. The topological polar surface area (TPSA) is 81.7 Å². The van der Waals surface area contributed by atoms with Crippen LogP contribution < -0.4 is 14.8 Å². The molecule has 1 heterocycles. The summed E-state index contributed by atoms with van der Waals surface area (Å²) in [5, 5.41) is 3.49. The van der Waals surface area contributed by atoms with Gasteiger partial charge in [-0.15, -0.1) is 0 Å². The van der Waals surface area contributed by atoms with Gasteiger partial charge in [0.25, 0.3) is 0 Å². The molecule has 0 aromatic heterocycles. The van der Waals surface area contributed by atoms with Crippen molar-refractivity contribution in [1.29, 1.82) is 0 Å². The second-order valence-corrected chi connectivity index (χ2v) is 10.7. The maximum absolute atomic E-state index is 13.6. The average Bonchev–Trinajstić information content (AvgIpc) is 3.19. The van der Waals surface area contributed by atoms with E-state index < -0.39 is 11.9 Å². The van der Waals surface area contributed by atoms with Crippen LogP contribution in [-0.4, -0.2) is 24.6 Å². The third kappa shape index (κ3) is 3.93. The van der Waals surface area contributed by atoms with Crippen LogP contribution in [0, 0.1) is 5.41 Å². The number of Topliss-reactive ketones (excluding diaryl/α,β-unsaturated/α-hetero) is 2. The molecule has 0 bridgehead atoms. The first kappa shape index (κ1) is 23.9. The molecule has 3 aliphatic rings. The van der Waals surface area contributed by atoms with Gasteiger partial charge in [0.2, 0.25) is 0 Å². The number of esters is 1. The highest BCUT2D eigenvalue weighted by Gasteiger charge is 2.46. The van der Waals surface area contributed by atoms with Gasteiger partial charge >= 0.3 is 5.97 Å². The highest BCUT2D eigenvalue weighted by atomic mass is 16.5. The number of rotatable bonds is 4. The molecule has 1 aliphatic heterocycles. The van der Waals surface area contributed by atoms with Gasteiger partial charge in [-0.05, 0) is 53.8 Å². The summed E-state index contributed by atoms with van der Waals surface area (Å²) < 4.78 is 10.7. The van der Waals surface area contributed by atoms with Crippen molar-refractivity contribution in [2.75, 3.05) is 7.11 Å². The van der Waals surface area contributed by atoms with Crippen molar-refractivity contribution in [1.82, 2.24) is 5.32 Å². The van der Waals surface area contributed by atoms with Gasteiger partial charge in [0.15, 0.2) is 11.6 Å². The number of benzene rings is 3. The summed E-state index contributed by atoms with van der Waals surface area (Å²) >= 11 is 0. The predicted molar refractivity (Wildman–Crippen MR) is 143 cm³/mol. The van der Waals surface area contributed by atoms with E-state index in [2.05, 4.69) is 19.2 Å². The van der Waals surface area contributed by atoms with Crippen molar-refractivity contribution >= 4 is 23.2 Å². The summed E-state index contributed by atoms with van der Waals surface area (Å²) in [7, 11) is 1.56. The summed E-state index contributed by atoms with van der Waals surface area (Å²) in [6.07, 6.45) is 1.14. The predicted octanol–water partition coefficient (Wildman–Crippen LogP) is 5.85. The molecule has 0 saturated carbocycles. The van der Waals surface area contributed by atoms with Crippen LogP contribution in [0.5, 0.6) is 11.5 Å². The SMILES string of the molecule is COc1ccc(C(=O)Oc2ccc([C@H]3C4=C(CC(C)(C)CC4=O)NC4=C3C(=O)c3ccccc34)cc2)cc1. The molecule has 0 unspecified atom stereocenters. The van der Waals surface area contributed by atoms with Crippen LogP contribution >= 0.6 is 0 Å². The van der Waals surface area contributed by atoms with Crippen molar-refractivity contribution in [3.8, 4) is 11.5 Å². The molecule has 0 fully saturated rings. The molecule has 6 heteroatoms. The van der Waals surface area contributed by atoms with Gasteiger partial charge in [-0.3, -0.25) is 9.59 Å². The van der Waals surface area contributed by atoms with E-state index in [9.17, 15) is 14.4 Å². The number of hydrogen-bond acceptors (Lipinski definition) is 6. The maximum Gasteiger partial charge on any atom is 0.343 e. The molecule has 1 atom stereocenters. The number of allylic oxidation sites excluding steroid dienone is 3. The van der Waals surface area contributed by atoms with Gasteiger partial charge in [-0.1, -0.05) is 50.2 Å². The standard InChI is InChI=1S/C32H27NO5/c1-32(2)16-24-27(25(34)17-32)26(28-29(33-24)22-6-4-5-7-23(22)30(28)35)18-8-14-21(15-9-18)38-31(36)19-10-12-20(37-3)13-11-19/h4-15,26,33H,16-17H2,1-3H3/t26-/m0/s1. The Kier molecular flexibility index (Phi) is 5.56. The fourth-order valence-corrected chi connectivity index (χ4v) is 5.74. The molecule has 6 nitrogen and oxygen atoms in total. The van der Waals surface area contributed by atoms with E-state index in [1.54, 1.807) is 43.5 Å². The first-order chi connectivity index (χ1) is 18.3. The molecule has 38 heavy (non-hydrogen) atoms. The van der Waals surface area contributed by atoms with Gasteiger partial charge in [0.05, 0.1) is 18.4 Å². The van der Waals surface area contributed by atoms with E-state index >= 15 is 0 Å². The van der Waals surface area contributed by atoms with Crippen LogP contribution in [0.2, 0.25) is 0 Å². The van der Waals surface area contributed by atoms with Crippen LogP contribution in [0.4, 0.5) is 0 Å². The quantitative estimate of drug-likeness (QED) is 0.354. The fourth-order valence-electron chi connectivity index (χ4n) is 5.74. The zero-order valence-corrected chi connectivity index (χ0v) is 21.5. The molecule has 0 spiro atoms. The molecule has 0 saturated heterocycles. The maximum atomic E-state index is 13.6. The lowest BCUT2D eigenvalue weighted by atomic mass is 9.68. The monoisotopic (exact) mass is 505 g/mol. The number of nitrogens with one attached hydrogen (secondary N) is 1. The second-order valence-electron chi connectivity index (χ2n) is 10.7. The van der Waals surface area contributed by atoms with Gasteiger partial charge in [-0.2, -0.15) is 0 Å². The molecule has 1 N–H and O–H groups in total. The number of hydrogen-bond donors (Lipinski definition) is 1. The number of carbonyl (C=O) groups excluding carboxylic acids is 3. The summed E-state index contributed by atoms with van der Waals surface area (Å²) in [6.45, 7) is 4.18. The Bertz CT molecular complexity index is 1560. The Morgan fingerprint density at radius 2 is 1.50 bits per heavy atom. The van der Waals surface area contributed by atoms with E-state index in [1.807, 2.05) is 36.4 Å². The van der Waals surface area contributed by atoms with Crippen LogP contribution in [0.15, 0.2) is 89.6 Å². The van der Waals surface area contributed by atoms with E-state index in [4.69, 9.17) is 9.47 Å². The molecular weight excluding hydrogens is 478 g/mol. The number of carbonyl (C=O) groups is 3. The molecule has 0 amide bonds. The highest BCUT2D eigenvalue weighted by molar-refractivity contribution is 6.23. The van der Waals surface area contributed by atoms with Gasteiger partial charge in [0.1, 0.15) is 11.5 Å². The molecule has 3 aromatic carbocycles. The van der Waals surface area contributed by atoms with E-state index in [0.717, 1.165) is 28.9 Å². The van der Waals surface area contributed by atoms with Gasteiger partial charge in [0, 0.05) is 40.3 Å². The lowest BCUT2D eigenvalue weighted by molar-refractivity contribution is -0.118. The number of dihydropyridines is 1. The average molecular weight is 506 g/mol. The lowest BCUT2D eigenvalue weighted by Gasteiger charge is -2.39. The van der Waals surface area contributed by atoms with E-state index in [0.29, 0.717) is 40.2 Å². The second kappa shape index (κ2) is 8.84. The third-order valence-corrected chi connectivity index (χ3v) is 7.48. The molecule has 3 aromatic rings. The Morgan fingerprint density at radius 1 is 0.842 bits per heavy atom. The van der Waals surface area contributed by atoms with Crippen LogP contribution in [0.1, 0.15) is 64.4 Å². The minimum atomic E-state index is -0.490. The van der Waals surface area contributed by atoms with E-state index in [1.165, 1.54) is 0 Å². The van der Waals surface area contributed by atoms with Crippen LogP contribution in [-0.2, 0) is 4.79 Å². The number of ether oxygens (including phenoxy) is 2. The van der Waals surface area contributed by atoms with Crippen LogP contribution in [0.25, 0.3) is 5.70 Å². The molecule has 2 aliphatic carbocycles. The molecule has 0 radical (unpaired) electrons. The summed E-state index contributed by atoms with van der Waals surface area (Å²) in [5.74, 6) is 0.0503. The number of fused-ring (bicyclic) bond motifs is 2. The van der Waals surface area contributed by atoms with Crippen molar-refractivity contribution in [3.63, 3.8) is 0 Å². The van der Waals surface area contributed by atoms with Crippen molar-refractivity contribution in [2.45, 2.75) is 32.6 Å². The van der Waals surface area contributed by atoms with Crippen LogP contribution in [0.3, 0.4) is 0 Å². The summed E-state index contributed by atoms with van der Waals surface area (Å²) in [5.41, 5.74) is 5.48. The first-order valence-electron chi connectivity index (χ1n) is 12.6. The summed E-state index contributed by atoms with van der Waals surface area (Å²) in [4.78, 5) is 39.8. The van der Waals surface area contributed by atoms with Crippen molar-refractivity contribution in [2.24, 2.45) is 5.41 Å². The summed E-state index contributed by atoms with van der Waals surface area (Å²) in [6, 6.07) is 21.4. The molecule has 190 valence electrons. The number of ketones is 2. The Balaban J connectivity index is 1.36. The Hall–Kier alpha value is -4.45. The Labute approximate surface area is 221 Å². The van der Waals surface area contributed by atoms with E-state index in [-0.39, 0.29) is 17.0 Å². The third-order valence-electron chi connectivity index (χ3n) is 7.48. The normalized spacial score (nSPS) is 19.4. The first-order valence-corrected chi connectivity index (χ1v) is 12.6. The zero-order valence-electron chi connectivity index (χ0n) is 21.5.